The molecule has 0 unspecified atom stereocenters. The number of aromatic hydroxyl groups is 1. The van der Waals surface area contributed by atoms with E-state index in [2.05, 4.69) is 10.3 Å². The molecule has 8 heteroatoms. The maximum absolute atomic E-state index is 14.2. The molecule has 2 N–H and O–H groups in total. The van der Waals surface area contributed by atoms with Gasteiger partial charge in [0.2, 0.25) is 0 Å². The fourth-order valence-electron chi connectivity index (χ4n) is 3.14. The number of benzene rings is 2. The fraction of sp³-hybridized carbons (Fsp3) is 0.0455. The van der Waals surface area contributed by atoms with Gasteiger partial charge in [-0.3, -0.25) is 14.2 Å². The second-order valence-electron chi connectivity index (χ2n) is 6.65. The van der Waals surface area contributed by atoms with Crippen molar-refractivity contribution in [3.05, 3.63) is 93.9 Å². The monoisotopic (exact) mass is 407 g/mol. The lowest BCUT2D eigenvalue weighted by molar-refractivity contribution is 0.102. The SMILES string of the molecule is Cc1ccc(NC(=O)c2c(O)c3cccnc3n(-c3ccc(F)cc3)c2=O)c(F)c1. The normalized spacial score (nSPS) is 10.9. The van der Waals surface area contributed by atoms with E-state index in [-0.39, 0.29) is 22.4 Å². The van der Waals surface area contributed by atoms with Crippen LogP contribution in [0.2, 0.25) is 0 Å². The van der Waals surface area contributed by atoms with Crippen molar-refractivity contribution in [3.8, 4) is 11.4 Å². The van der Waals surface area contributed by atoms with Crippen molar-refractivity contribution in [2.24, 2.45) is 0 Å². The van der Waals surface area contributed by atoms with Gasteiger partial charge in [-0.15, -0.1) is 0 Å². The van der Waals surface area contributed by atoms with Crippen LogP contribution in [-0.4, -0.2) is 20.6 Å². The molecule has 6 nitrogen and oxygen atoms in total. The number of carbonyl (C=O) groups excluding carboxylic acids is 1. The first-order valence-corrected chi connectivity index (χ1v) is 8.93. The van der Waals surface area contributed by atoms with Gasteiger partial charge in [0.25, 0.3) is 11.5 Å². The summed E-state index contributed by atoms with van der Waals surface area (Å²) >= 11 is 0. The number of rotatable bonds is 3. The lowest BCUT2D eigenvalue weighted by atomic mass is 10.1. The summed E-state index contributed by atoms with van der Waals surface area (Å²) in [5.74, 6) is -2.74. The molecular formula is C22H15F2N3O3. The Morgan fingerprint density at radius 2 is 1.83 bits per heavy atom. The van der Waals surface area contributed by atoms with Gasteiger partial charge in [0.15, 0.2) is 5.65 Å². The Kier molecular flexibility index (Phi) is 4.75. The molecule has 4 rings (SSSR count). The summed E-state index contributed by atoms with van der Waals surface area (Å²) < 4.78 is 28.6. The number of halogens is 2. The van der Waals surface area contributed by atoms with Crippen LogP contribution in [0.1, 0.15) is 15.9 Å². The maximum Gasteiger partial charge on any atom is 0.273 e. The molecule has 0 saturated heterocycles. The van der Waals surface area contributed by atoms with E-state index in [0.717, 1.165) is 16.7 Å². The molecule has 0 aliphatic heterocycles. The number of nitrogens with zero attached hydrogens (tertiary/aromatic N) is 2. The zero-order valence-corrected chi connectivity index (χ0v) is 15.7. The molecule has 0 fully saturated rings. The Bertz CT molecular complexity index is 1350. The van der Waals surface area contributed by atoms with Crippen molar-refractivity contribution in [2.75, 3.05) is 5.32 Å². The molecule has 0 bridgehead atoms. The van der Waals surface area contributed by atoms with Gasteiger partial charge in [0.1, 0.15) is 22.9 Å². The zero-order valence-electron chi connectivity index (χ0n) is 15.7. The maximum atomic E-state index is 14.2. The molecule has 0 atom stereocenters. The lowest BCUT2D eigenvalue weighted by Gasteiger charge is -2.14. The highest BCUT2D eigenvalue weighted by molar-refractivity contribution is 6.09. The number of nitrogens with one attached hydrogen (secondary N) is 1. The highest BCUT2D eigenvalue weighted by Gasteiger charge is 2.24. The van der Waals surface area contributed by atoms with E-state index < -0.39 is 34.4 Å². The molecule has 2 heterocycles. The van der Waals surface area contributed by atoms with Crippen molar-refractivity contribution >= 4 is 22.6 Å². The van der Waals surface area contributed by atoms with Gasteiger partial charge in [-0.25, -0.2) is 13.8 Å². The van der Waals surface area contributed by atoms with Crippen LogP contribution in [0.15, 0.2) is 65.6 Å². The number of hydrogen-bond donors (Lipinski definition) is 2. The smallest absolute Gasteiger partial charge is 0.273 e. The molecule has 0 saturated carbocycles. The first-order valence-electron chi connectivity index (χ1n) is 8.93. The quantitative estimate of drug-likeness (QED) is 0.539. The second-order valence-corrected chi connectivity index (χ2v) is 6.65. The van der Waals surface area contributed by atoms with Crippen molar-refractivity contribution in [2.45, 2.75) is 6.92 Å². The lowest BCUT2D eigenvalue weighted by Crippen LogP contribution is -2.29. The van der Waals surface area contributed by atoms with Gasteiger partial charge < -0.3 is 10.4 Å². The van der Waals surface area contributed by atoms with Crippen molar-refractivity contribution in [1.82, 2.24) is 9.55 Å². The number of hydrogen-bond acceptors (Lipinski definition) is 4. The van der Waals surface area contributed by atoms with Crippen LogP contribution in [-0.2, 0) is 0 Å². The third-order valence-corrected chi connectivity index (χ3v) is 4.59. The van der Waals surface area contributed by atoms with E-state index in [1.165, 1.54) is 42.6 Å². The average Bonchev–Trinajstić information content (AvgIpc) is 2.72. The summed E-state index contributed by atoms with van der Waals surface area (Å²) in [5, 5.41) is 13.1. The van der Waals surface area contributed by atoms with Gasteiger partial charge in [-0.05, 0) is 61.0 Å². The summed E-state index contributed by atoms with van der Waals surface area (Å²) in [7, 11) is 0. The van der Waals surface area contributed by atoms with Gasteiger partial charge in [-0.2, -0.15) is 0 Å². The number of amides is 1. The average molecular weight is 407 g/mol. The predicted molar refractivity (Wildman–Crippen MR) is 108 cm³/mol. The highest BCUT2D eigenvalue weighted by Crippen LogP contribution is 2.27. The molecule has 2 aromatic heterocycles. The number of fused-ring (bicyclic) bond motifs is 1. The van der Waals surface area contributed by atoms with Crippen molar-refractivity contribution in [1.29, 1.82) is 0 Å². The Morgan fingerprint density at radius 3 is 2.53 bits per heavy atom. The van der Waals surface area contributed by atoms with Crippen LogP contribution in [0, 0.1) is 18.6 Å². The van der Waals surface area contributed by atoms with Crippen LogP contribution >= 0.6 is 0 Å². The van der Waals surface area contributed by atoms with Crippen LogP contribution in [0.25, 0.3) is 16.7 Å². The highest BCUT2D eigenvalue weighted by atomic mass is 19.1. The van der Waals surface area contributed by atoms with Gasteiger partial charge in [0.05, 0.1) is 16.8 Å². The summed E-state index contributed by atoms with van der Waals surface area (Å²) in [6, 6.07) is 12.2. The number of pyridine rings is 2. The van der Waals surface area contributed by atoms with Crippen molar-refractivity contribution < 1.29 is 18.7 Å². The predicted octanol–water partition coefficient (Wildman–Crippen LogP) is 3.93. The minimum Gasteiger partial charge on any atom is -0.506 e. The molecule has 4 aromatic rings. The van der Waals surface area contributed by atoms with Crippen LogP contribution in [0.3, 0.4) is 0 Å². The molecule has 2 aromatic carbocycles. The summed E-state index contributed by atoms with van der Waals surface area (Å²) in [6.07, 6.45) is 1.42. The molecule has 0 aliphatic carbocycles. The van der Waals surface area contributed by atoms with E-state index in [9.17, 15) is 23.5 Å². The Morgan fingerprint density at radius 1 is 1.10 bits per heavy atom. The Hall–Kier alpha value is -4.07. The Balaban J connectivity index is 1.93. The summed E-state index contributed by atoms with van der Waals surface area (Å²) in [5.41, 5.74) is -0.603. The first kappa shape index (κ1) is 19.3. The number of aromatic nitrogens is 2. The Labute approximate surface area is 169 Å². The number of anilines is 1. The van der Waals surface area contributed by atoms with E-state index in [4.69, 9.17) is 0 Å². The molecule has 30 heavy (non-hydrogen) atoms. The molecular weight excluding hydrogens is 392 g/mol. The van der Waals surface area contributed by atoms with Gasteiger partial charge >= 0.3 is 0 Å². The fourth-order valence-corrected chi connectivity index (χ4v) is 3.14. The molecule has 0 radical (unpaired) electrons. The van der Waals surface area contributed by atoms with Crippen LogP contribution in [0.4, 0.5) is 14.5 Å². The summed E-state index contributed by atoms with van der Waals surface area (Å²) in [4.78, 5) is 30.1. The first-order chi connectivity index (χ1) is 14.4. The topological polar surface area (TPSA) is 84.2 Å². The summed E-state index contributed by atoms with van der Waals surface area (Å²) in [6.45, 7) is 1.69. The number of aryl methyl sites for hydroxylation is 1. The largest absolute Gasteiger partial charge is 0.506 e. The van der Waals surface area contributed by atoms with E-state index in [1.807, 2.05) is 0 Å². The minimum absolute atomic E-state index is 0.0877. The second kappa shape index (κ2) is 7.40. The van der Waals surface area contributed by atoms with E-state index >= 15 is 0 Å². The van der Waals surface area contributed by atoms with Crippen LogP contribution in [0.5, 0.6) is 5.75 Å². The molecule has 150 valence electrons. The van der Waals surface area contributed by atoms with E-state index in [1.54, 1.807) is 13.0 Å². The third kappa shape index (κ3) is 3.28. The molecule has 0 spiro atoms. The minimum atomic E-state index is -0.984. The van der Waals surface area contributed by atoms with E-state index in [0.29, 0.717) is 5.56 Å². The van der Waals surface area contributed by atoms with Gasteiger partial charge in [0, 0.05) is 6.20 Å². The standard InChI is InChI=1S/C22H15F2N3O3/c1-12-4-9-17(16(24)11-12)26-21(29)18-19(28)15-3-2-10-25-20(15)27(22(18)30)14-7-5-13(23)6-8-14/h2-11,28H,1H3,(H,26,29). The molecule has 0 aliphatic rings. The third-order valence-electron chi connectivity index (χ3n) is 4.59. The van der Waals surface area contributed by atoms with Crippen molar-refractivity contribution in [3.63, 3.8) is 0 Å². The zero-order chi connectivity index (χ0) is 21.4. The number of carbonyl (C=O) groups is 1. The van der Waals surface area contributed by atoms with Gasteiger partial charge in [-0.1, -0.05) is 6.07 Å². The molecule has 1 amide bonds. The van der Waals surface area contributed by atoms with Crippen LogP contribution < -0.4 is 10.9 Å².